The Morgan fingerprint density at radius 2 is 1.76 bits per heavy atom. The minimum atomic E-state index is -0.293. The summed E-state index contributed by atoms with van der Waals surface area (Å²) in [4.78, 5) is 11.6. The van der Waals surface area contributed by atoms with Gasteiger partial charge in [0.15, 0.2) is 5.43 Å². The van der Waals surface area contributed by atoms with Crippen LogP contribution in [0.5, 0.6) is 11.5 Å². The maximum absolute atomic E-state index is 11.6. The van der Waals surface area contributed by atoms with E-state index in [1.165, 1.54) is 18.2 Å². The largest absolute Gasteiger partial charge is 0.508 e. The molecule has 1 aromatic rings. The molecular weight excluding hydrogens is 220 g/mol. The molecule has 4 nitrogen and oxygen atoms in total. The van der Waals surface area contributed by atoms with Crippen LogP contribution in [0.3, 0.4) is 0 Å². The van der Waals surface area contributed by atoms with Crippen molar-refractivity contribution in [2.45, 2.75) is 0 Å². The van der Waals surface area contributed by atoms with E-state index in [4.69, 9.17) is 4.42 Å². The molecule has 1 aliphatic heterocycles. The summed E-state index contributed by atoms with van der Waals surface area (Å²) in [5, 5.41) is 19.4. The van der Waals surface area contributed by atoms with Crippen molar-refractivity contribution < 1.29 is 14.6 Å². The van der Waals surface area contributed by atoms with E-state index in [0.717, 1.165) is 11.5 Å². The molecule has 0 saturated carbocycles. The quantitative estimate of drug-likeness (QED) is 0.579. The highest BCUT2D eigenvalue weighted by molar-refractivity contribution is 5.84. The van der Waals surface area contributed by atoms with Gasteiger partial charge in [0.25, 0.3) is 0 Å². The molecule has 17 heavy (non-hydrogen) atoms. The lowest BCUT2D eigenvalue weighted by Gasteiger charge is -2.06. The Bertz CT molecular complexity index is 742. The predicted octanol–water partition coefficient (Wildman–Crippen LogP) is 2.31. The Hall–Kier alpha value is -2.49. The zero-order chi connectivity index (χ0) is 12.0. The van der Waals surface area contributed by atoms with Gasteiger partial charge in [-0.2, -0.15) is 0 Å². The minimum Gasteiger partial charge on any atom is -0.508 e. The first-order valence-electron chi connectivity index (χ1n) is 5.03. The highest BCUT2D eigenvalue weighted by atomic mass is 16.3. The molecule has 0 amide bonds. The highest BCUT2D eigenvalue weighted by Gasteiger charge is 2.12. The zero-order valence-electron chi connectivity index (χ0n) is 8.68. The molecule has 0 atom stereocenters. The third-order valence-electron chi connectivity index (χ3n) is 2.61. The fourth-order valence-electron chi connectivity index (χ4n) is 1.82. The van der Waals surface area contributed by atoms with Crippen LogP contribution in [0, 0.1) is 0 Å². The maximum Gasteiger partial charge on any atom is 0.193 e. The van der Waals surface area contributed by atoms with Gasteiger partial charge in [-0.25, -0.2) is 0 Å². The second-order valence-electron chi connectivity index (χ2n) is 3.82. The number of hydrogen-bond donors (Lipinski definition) is 2. The number of benzene rings is 2. The van der Waals surface area contributed by atoms with E-state index >= 15 is 0 Å². The molecule has 3 rings (SSSR count). The van der Waals surface area contributed by atoms with Crippen LogP contribution in [0.4, 0.5) is 0 Å². The Balaban J connectivity index is 2.49. The van der Waals surface area contributed by atoms with Gasteiger partial charge in [-0.3, -0.25) is 4.79 Å². The fourth-order valence-corrected chi connectivity index (χ4v) is 1.82. The topological polar surface area (TPSA) is 70.7 Å². The van der Waals surface area contributed by atoms with Crippen molar-refractivity contribution in [1.29, 1.82) is 0 Å². The molecule has 84 valence electrons. The van der Waals surface area contributed by atoms with Gasteiger partial charge in [0.05, 0.1) is 5.56 Å². The van der Waals surface area contributed by atoms with Crippen LogP contribution in [-0.4, -0.2) is 10.2 Å². The third kappa shape index (κ3) is 1.50. The lowest BCUT2D eigenvalue weighted by Crippen LogP contribution is -2.03. The molecule has 0 aromatic heterocycles. The molecule has 1 heterocycles. The van der Waals surface area contributed by atoms with Gasteiger partial charge in [0.1, 0.15) is 22.8 Å². The van der Waals surface area contributed by atoms with Crippen LogP contribution in [0.2, 0.25) is 0 Å². The highest BCUT2D eigenvalue weighted by Crippen LogP contribution is 2.29. The maximum atomic E-state index is 11.6. The van der Waals surface area contributed by atoms with Crippen LogP contribution in [0.25, 0.3) is 22.3 Å². The molecule has 4 heteroatoms. The molecule has 0 bridgehead atoms. The van der Waals surface area contributed by atoms with Crippen LogP contribution in [0.1, 0.15) is 0 Å². The van der Waals surface area contributed by atoms with Crippen molar-refractivity contribution in [2.24, 2.45) is 0 Å². The van der Waals surface area contributed by atoms with Gasteiger partial charge in [0.2, 0.25) is 0 Å². The van der Waals surface area contributed by atoms with Crippen LogP contribution in [0.15, 0.2) is 45.6 Å². The van der Waals surface area contributed by atoms with Crippen LogP contribution in [-0.2, 0) is 0 Å². The van der Waals surface area contributed by atoms with Gasteiger partial charge >= 0.3 is 0 Å². The molecule has 2 aliphatic rings. The Morgan fingerprint density at radius 1 is 0.941 bits per heavy atom. The molecular formula is C13H8O4. The van der Waals surface area contributed by atoms with Crippen LogP contribution >= 0.6 is 0 Å². The number of rotatable bonds is 0. The summed E-state index contributed by atoms with van der Waals surface area (Å²) in [6.07, 6.45) is 0. The van der Waals surface area contributed by atoms with Crippen molar-refractivity contribution in [3.63, 3.8) is 0 Å². The number of phenols is 2. The molecule has 0 spiro atoms. The fraction of sp³-hybridized carbons (Fsp3) is 0. The lowest BCUT2D eigenvalue weighted by atomic mass is 10.1. The first kappa shape index (κ1) is 9.72. The lowest BCUT2D eigenvalue weighted by molar-refractivity contribution is 0.471. The summed E-state index contributed by atoms with van der Waals surface area (Å²) >= 11 is 0. The smallest absolute Gasteiger partial charge is 0.193 e. The number of fused-ring (bicyclic) bond motifs is 2. The monoisotopic (exact) mass is 228 g/mol. The second-order valence-corrected chi connectivity index (χ2v) is 3.82. The Morgan fingerprint density at radius 3 is 2.59 bits per heavy atom. The van der Waals surface area contributed by atoms with Gasteiger partial charge < -0.3 is 14.6 Å². The van der Waals surface area contributed by atoms with E-state index < -0.39 is 0 Å². The summed E-state index contributed by atoms with van der Waals surface area (Å²) in [5.41, 5.74) is 0.571. The van der Waals surface area contributed by atoms with Crippen LogP contribution < -0.4 is 5.43 Å². The van der Waals surface area contributed by atoms with E-state index in [2.05, 4.69) is 0 Å². The van der Waals surface area contributed by atoms with Crippen molar-refractivity contribution in [3.05, 3.63) is 46.6 Å². The van der Waals surface area contributed by atoms with E-state index in [1.807, 2.05) is 0 Å². The Labute approximate surface area is 95.7 Å². The minimum absolute atomic E-state index is 0.0862. The normalized spacial score (nSPS) is 11.1. The summed E-state index contributed by atoms with van der Waals surface area (Å²) in [5.74, 6) is 0.252. The molecule has 0 unspecified atom stereocenters. The van der Waals surface area contributed by atoms with Gasteiger partial charge in [-0.15, -0.1) is 0 Å². The average molecular weight is 228 g/mol. The first-order chi connectivity index (χ1) is 8.13. The Kier molecular flexibility index (Phi) is 1.86. The average Bonchev–Trinajstić information content (AvgIpc) is 2.26. The summed E-state index contributed by atoms with van der Waals surface area (Å²) in [7, 11) is 0. The van der Waals surface area contributed by atoms with Gasteiger partial charge in [0, 0.05) is 23.6 Å². The van der Waals surface area contributed by atoms with E-state index in [-0.39, 0.29) is 16.9 Å². The predicted molar refractivity (Wildman–Crippen MR) is 62.4 cm³/mol. The third-order valence-corrected chi connectivity index (χ3v) is 2.61. The van der Waals surface area contributed by atoms with E-state index in [1.54, 1.807) is 12.1 Å². The van der Waals surface area contributed by atoms with Crippen molar-refractivity contribution in [2.75, 3.05) is 0 Å². The molecule has 2 N–H and O–H groups in total. The summed E-state index contributed by atoms with van der Waals surface area (Å²) in [6, 6.07) is 8.84. The molecule has 0 radical (unpaired) electrons. The molecule has 0 saturated heterocycles. The number of hydrogen-bond acceptors (Lipinski definition) is 4. The van der Waals surface area contributed by atoms with Crippen molar-refractivity contribution in [3.8, 4) is 22.8 Å². The standard InChI is InChI=1S/C13H8O4/c14-8-2-1-7-3-10-11(16)4-9(15)6-13(10)17-12(7)5-8/h1-6,14-15H. The number of phenolic OH excluding ortho intramolecular Hbond substituents is 2. The SMILES string of the molecule is O=c1cc(O)cc2oc3cc(O)ccc3cc1-2. The second kappa shape index (κ2) is 3.25. The summed E-state index contributed by atoms with van der Waals surface area (Å²) < 4.78 is 5.47. The summed E-state index contributed by atoms with van der Waals surface area (Å²) in [6.45, 7) is 0. The molecule has 1 aromatic carbocycles. The van der Waals surface area contributed by atoms with Gasteiger partial charge in [-0.1, -0.05) is 0 Å². The van der Waals surface area contributed by atoms with Gasteiger partial charge in [-0.05, 0) is 18.2 Å². The van der Waals surface area contributed by atoms with Crippen molar-refractivity contribution in [1.82, 2.24) is 0 Å². The molecule has 1 aliphatic carbocycles. The number of aromatic hydroxyl groups is 2. The van der Waals surface area contributed by atoms with E-state index in [0.29, 0.717) is 16.9 Å². The first-order valence-corrected chi connectivity index (χ1v) is 5.03. The van der Waals surface area contributed by atoms with E-state index in [9.17, 15) is 15.0 Å². The zero-order valence-corrected chi connectivity index (χ0v) is 8.68. The molecule has 0 fully saturated rings. The van der Waals surface area contributed by atoms with Crippen molar-refractivity contribution >= 4 is 11.0 Å².